The number of aromatic nitrogens is 3. The number of halogens is 3. The van der Waals surface area contributed by atoms with Crippen LogP contribution in [0, 0.1) is 5.92 Å². The van der Waals surface area contributed by atoms with Gasteiger partial charge in [0.1, 0.15) is 0 Å². The molecule has 1 aromatic heterocycles. The molecule has 1 amide bonds. The minimum atomic E-state index is -4.35. The largest absolute Gasteiger partial charge is 0.416 e. The first-order chi connectivity index (χ1) is 11.8. The van der Waals surface area contributed by atoms with Crippen LogP contribution in [0.1, 0.15) is 31.4 Å². The Morgan fingerprint density at radius 2 is 1.76 bits per heavy atom. The molecule has 0 aliphatic carbocycles. The van der Waals surface area contributed by atoms with E-state index < -0.39 is 11.7 Å². The van der Waals surface area contributed by atoms with E-state index >= 15 is 0 Å². The topological polar surface area (TPSA) is 59.8 Å². The maximum atomic E-state index is 12.5. The number of nitrogens with zero attached hydrogens (tertiary/aromatic N) is 3. The molecule has 1 unspecified atom stereocenters. The van der Waals surface area contributed by atoms with Gasteiger partial charge in [0, 0.05) is 6.42 Å². The van der Waals surface area contributed by atoms with Crippen LogP contribution in [0.3, 0.4) is 0 Å². The summed E-state index contributed by atoms with van der Waals surface area (Å²) >= 11 is 0. The summed E-state index contributed by atoms with van der Waals surface area (Å²) in [4.78, 5) is 13.7. The van der Waals surface area contributed by atoms with Crippen molar-refractivity contribution >= 4 is 5.91 Å². The number of amides is 1. The molecule has 2 aromatic rings. The molecule has 0 bridgehead atoms. The van der Waals surface area contributed by atoms with Crippen LogP contribution in [-0.2, 0) is 23.9 Å². The summed E-state index contributed by atoms with van der Waals surface area (Å²) in [6, 6.07) is 4.77. The summed E-state index contributed by atoms with van der Waals surface area (Å²) < 4.78 is 37.6. The van der Waals surface area contributed by atoms with Gasteiger partial charge in [0.15, 0.2) is 0 Å². The van der Waals surface area contributed by atoms with E-state index in [1.165, 1.54) is 16.9 Å². The van der Waals surface area contributed by atoms with E-state index in [0.717, 1.165) is 12.1 Å². The van der Waals surface area contributed by atoms with Gasteiger partial charge in [-0.05, 0) is 30.0 Å². The molecule has 1 heterocycles. The quantitative estimate of drug-likeness (QED) is 0.831. The monoisotopic (exact) mass is 354 g/mol. The van der Waals surface area contributed by atoms with Gasteiger partial charge in [-0.1, -0.05) is 26.0 Å². The van der Waals surface area contributed by atoms with Gasteiger partial charge < -0.3 is 5.32 Å². The molecule has 5 nitrogen and oxygen atoms in total. The van der Waals surface area contributed by atoms with E-state index in [1.54, 1.807) is 12.4 Å². The number of nitrogens with one attached hydrogen (secondary N) is 1. The zero-order valence-electron chi connectivity index (χ0n) is 14.1. The first-order valence-corrected chi connectivity index (χ1v) is 8.05. The second-order valence-electron chi connectivity index (χ2n) is 6.20. The standard InChI is InChI=1S/C17H21F3N4O/c1-12(2)15(11-24-21-9-10-22-24)23-16(25)8-5-13-3-6-14(7-4-13)17(18,19)20/h3-4,6-7,9-10,12,15H,5,8,11H2,1-2H3,(H,23,25). The Bertz CT molecular complexity index is 666. The minimum absolute atomic E-state index is 0.118. The lowest BCUT2D eigenvalue weighted by molar-refractivity contribution is -0.137. The Labute approximate surface area is 144 Å². The number of benzene rings is 1. The highest BCUT2D eigenvalue weighted by Crippen LogP contribution is 2.29. The van der Waals surface area contributed by atoms with E-state index in [1.807, 2.05) is 13.8 Å². The van der Waals surface area contributed by atoms with Crippen molar-refractivity contribution in [3.63, 3.8) is 0 Å². The van der Waals surface area contributed by atoms with Gasteiger partial charge >= 0.3 is 6.18 Å². The molecule has 0 radical (unpaired) electrons. The molecule has 0 aliphatic heterocycles. The van der Waals surface area contributed by atoms with Crippen LogP contribution >= 0.6 is 0 Å². The number of carbonyl (C=O) groups is 1. The molecule has 8 heteroatoms. The van der Waals surface area contributed by atoms with Crippen LogP contribution < -0.4 is 5.32 Å². The zero-order valence-corrected chi connectivity index (χ0v) is 14.1. The van der Waals surface area contributed by atoms with Gasteiger partial charge in [0.05, 0.1) is 30.5 Å². The first-order valence-electron chi connectivity index (χ1n) is 8.05. The van der Waals surface area contributed by atoms with Gasteiger partial charge in [-0.2, -0.15) is 28.2 Å². The van der Waals surface area contributed by atoms with Gasteiger partial charge in [-0.25, -0.2) is 0 Å². The van der Waals surface area contributed by atoms with Crippen LogP contribution in [0.4, 0.5) is 13.2 Å². The number of aryl methyl sites for hydroxylation is 1. The van der Waals surface area contributed by atoms with Crippen molar-refractivity contribution in [1.29, 1.82) is 0 Å². The SMILES string of the molecule is CC(C)C(Cn1nccn1)NC(=O)CCc1ccc(C(F)(F)F)cc1. The summed E-state index contributed by atoms with van der Waals surface area (Å²) in [5, 5.41) is 11.0. The summed E-state index contributed by atoms with van der Waals surface area (Å²) in [5.41, 5.74) is 0.00489. The number of carbonyl (C=O) groups excluding carboxylic acids is 1. The molecule has 0 saturated heterocycles. The van der Waals surface area contributed by atoms with Crippen molar-refractivity contribution in [2.45, 2.75) is 45.5 Å². The van der Waals surface area contributed by atoms with Gasteiger partial charge in [0.25, 0.3) is 0 Å². The van der Waals surface area contributed by atoms with Crippen molar-refractivity contribution in [2.75, 3.05) is 0 Å². The molecule has 1 atom stereocenters. The smallest absolute Gasteiger partial charge is 0.351 e. The lowest BCUT2D eigenvalue weighted by atomic mass is 10.0. The van der Waals surface area contributed by atoms with E-state index in [-0.39, 0.29) is 24.3 Å². The van der Waals surface area contributed by atoms with Crippen LogP contribution in [0.25, 0.3) is 0 Å². The molecule has 2 rings (SSSR count). The second-order valence-corrected chi connectivity index (χ2v) is 6.20. The lowest BCUT2D eigenvalue weighted by Crippen LogP contribution is -2.42. The predicted molar refractivity (Wildman–Crippen MR) is 86.6 cm³/mol. The molecular formula is C17H21F3N4O. The average Bonchev–Trinajstić information content (AvgIpc) is 3.05. The highest BCUT2D eigenvalue weighted by atomic mass is 19.4. The maximum Gasteiger partial charge on any atom is 0.416 e. The number of alkyl halides is 3. The molecule has 0 spiro atoms. The van der Waals surface area contributed by atoms with Crippen LogP contribution in [0.15, 0.2) is 36.7 Å². The molecule has 0 aliphatic rings. The van der Waals surface area contributed by atoms with Crippen molar-refractivity contribution in [1.82, 2.24) is 20.3 Å². The fourth-order valence-electron chi connectivity index (χ4n) is 2.33. The van der Waals surface area contributed by atoms with Crippen LogP contribution in [-0.4, -0.2) is 26.9 Å². The molecule has 25 heavy (non-hydrogen) atoms. The van der Waals surface area contributed by atoms with Crippen molar-refractivity contribution < 1.29 is 18.0 Å². The Hall–Kier alpha value is -2.38. The summed E-state index contributed by atoms with van der Waals surface area (Å²) in [7, 11) is 0. The van der Waals surface area contributed by atoms with Gasteiger partial charge in [0.2, 0.25) is 5.91 Å². The summed E-state index contributed by atoms with van der Waals surface area (Å²) in [5.74, 6) is 0.0479. The third-order valence-electron chi connectivity index (χ3n) is 3.90. The van der Waals surface area contributed by atoms with E-state index in [4.69, 9.17) is 0 Å². The molecule has 1 N–H and O–H groups in total. The Morgan fingerprint density at radius 3 is 2.28 bits per heavy atom. The fraction of sp³-hybridized carbons (Fsp3) is 0.471. The minimum Gasteiger partial charge on any atom is -0.351 e. The molecular weight excluding hydrogens is 333 g/mol. The molecule has 0 fully saturated rings. The normalized spacial score (nSPS) is 13.0. The molecule has 1 aromatic carbocycles. The molecule has 0 saturated carbocycles. The zero-order chi connectivity index (χ0) is 18.4. The van der Waals surface area contributed by atoms with Crippen molar-refractivity contribution in [3.05, 3.63) is 47.8 Å². The van der Waals surface area contributed by atoms with E-state index in [0.29, 0.717) is 18.5 Å². The molecule has 136 valence electrons. The van der Waals surface area contributed by atoms with Gasteiger partial charge in [-0.3, -0.25) is 4.79 Å². The van der Waals surface area contributed by atoms with Crippen molar-refractivity contribution in [2.24, 2.45) is 5.92 Å². The third kappa shape index (κ3) is 5.88. The Balaban J connectivity index is 1.86. The first kappa shape index (κ1) is 19.0. The highest BCUT2D eigenvalue weighted by Gasteiger charge is 2.29. The Kier molecular flexibility index (Phi) is 6.17. The van der Waals surface area contributed by atoms with E-state index in [9.17, 15) is 18.0 Å². The Morgan fingerprint density at radius 1 is 1.16 bits per heavy atom. The summed E-state index contributed by atoms with van der Waals surface area (Å²) in [6.45, 7) is 4.45. The maximum absolute atomic E-state index is 12.5. The average molecular weight is 354 g/mol. The third-order valence-corrected chi connectivity index (χ3v) is 3.90. The fourth-order valence-corrected chi connectivity index (χ4v) is 2.33. The number of hydrogen-bond donors (Lipinski definition) is 1. The second kappa shape index (κ2) is 8.13. The number of rotatable bonds is 7. The predicted octanol–water partition coefficient (Wildman–Crippen LogP) is 3.07. The van der Waals surface area contributed by atoms with Gasteiger partial charge in [-0.15, -0.1) is 0 Å². The highest BCUT2D eigenvalue weighted by molar-refractivity contribution is 5.76. The van der Waals surface area contributed by atoms with Crippen LogP contribution in [0.5, 0.6) is 0 Å². The van der Waals surface area contributed by atoms with Crippen LogP contribution in [0.2, 0.25) is 0 Å². The lowest BCUT2D eigenvalue weighted by Gasteiger charge is -2.21. The number of hydrogen-bond acceptors (Lipinski definition) is 3. The van der Waals surface area contributed by atoms with Crippen molar-refractivity contribution in [3.8, 4) is 0 Å². The summed E-state index contributed by atoms with van der Waals surface area (Å²) in [6.07, 6.45) is -0.607. The van der Waals surface area contributed by atoms with E-state index in [2.05, 4.69) is 15.5 Å².